The SMILES string of the molecule is Cc1ccc(C)c(S(=O)(=O)N/N=C/c2ccc(C(F)(F)F)cc2)c1. The van der Waals surface area contributed by atoms with E-state index in [0.29, 0.717) is 11.1 Å². The second-order valence-corrected chi connectivity index (χ2v) is 6.87. The molecule has 0 aliphatic rings. The third kappa shape index (κ3) is 4.35. The van der Waals surface area contributed by atoms with Crippen LogP contribution in [-0.4, -0.2) is 14.6 Å². The largest absolute Gasteiger partial charge is 0.416 e. The molecule has 0 fully saturated rings. The molecule has 2 aromatic carbocycles. The van der Waals surface area contributed by atoms with Gasteiger partial charge in [-0.15, -0.1) is 0 Å². The molecule has 0 unspecified atom stereocenters. The Hall–Kier alpha value is -2.35. The van der Waals surface area contributed by atoms with Gasteiger partial charge in [-0.05, 0) is 48.7 Å². The molecule has 0 radical (unpaired) electrons. The lowest BCUT2D eigenvalue weighted by molar-refractivity contribution is -0.137. The summed E-state index contributed by atoms with van der Waals surface area (Å²) in [6.07, 6.45) is -3.28. The monoisotopic (exact) mass is 356 g/mol. The summed E-state index contributed by atoms with van der Waals surface area (Å²) >= 11 is 0. The number of hydrogen-bond acceptors (Lipinski definition) is 3. The zero-order valence-corrected chi connectivity index (χ0v) is 13.7. The molecule has 24 heavy (non-hydrogen) atoms. The van der Waals surface area contributed by atoms with Gasteiger partial charge in [0.1, 0.15) is 0 Å². The van der Waals surface area contributed by atoms with Crippen molar-refractivity contribution in [3.8, 4) is 0 Å². The Balaban J connectivity index is 2.14. The Bertz CT molecular complexity index is 858. The van der Waals surface area contributed by atoms with Crippen molar-refractivity contribution < 1.29 is 21.6 Å². The summed E-state index contributed by atoms with van der Waals surface area (Å²) in [6.45, 7) is 3.43. The Morgan fingerprint density at radius 1 is 1.04 bits per heavy atom. The lowest BCUT2D eigenvalue weighted by atomic mass is 10.1. The molecule has 0 saturated heterocycles. The predicted octanol–water partition coefficient (Wildman–Crippen LogP) is 3.63. The first-order valence-corrected chi connectivity index (χ1v) is 8.37. The van der Waals surface area contributed by atoms with Crippen molar-refractivity contribution in [3.05, 3.63) is 64.7 Å². The number of sulfonamides is 1. The van der Waals surface area contributed by atoms with Crippen LogP contribution in [0.25, 0.3) is 0 Å². The smallest absolute Gasteiger partial charge is 0.200 e. The first-order chi connectivity index (χ1) is 11.1. The molecule has 0 bridgehead atoms. The van der Waals surface area contributed by atoms with Crippen LogP contribution in [0.15, 0.2) is 52.5 Å². The normalized spacial score (nSPS) is 12.5. The zero-order valence-electron chi connectivity index (χ0n) is 12.9. The number of rotatable bonds is 4. The van der Waals surface area contributed by atoms with Crippen LogP contribution in [0, 0.1) is 13.8 Å². The van der Waals surface area contributed by atoms with E-state index in [4.69, 9.17) is 0 Å². The van der Waals surface area contributed by atoms with Gasteiger partial charge in [0.15, 0.2) is 0 Å². The minimum atomic E-state index is -4.42. The summed E-state index contributed by atoms with van der Waals surface area (Å²) < 4.78 is 61.8. The number of hydrazone groups is 1. The van der Waals surface area contributed by atoms with Gasteiger partial charge in [0.2, 0.25) is 0 Å². The van der Waals surface area contributed by atoms with Gasteiger partial charge in [-0.3, -0.25) is 0 Å². The number of aryl methyl sites for hydroxylation is 2. The maximum Gasteiger partial charge on any atom is 0.416 e. The Labute approximate surface area is 138 Å². The van der Waals surface area contributed by atoms with Gasteiger partial charge in [0.05, 0.1) is 16.7 Å². The topological polar surface area (TPSA) is 58.5 Å². The average molecular weight is 356 g/mol. The standard InChI is InChI=1S/C16H15F3N2O2S/c1-11-3-4-12(2)15(9-11)24(22,23)21-20-10-13-5-7-14(8-6-13)16(17,18)19/h3-10,21H,1-2H3/b20-10+. The van der Waals surface area contributed by atoms with Gasteiger partial charge < -0.3 is 0 Å². The molecule has 0 aliphatic carbocycles. The molecule has 0 aromatic heterocycles. The van der Waals surface area contributed by atoms with Gasteiger partial charge in [-0.1, -0.05) is 24.3 Å². The van der Waals surface area contributed by atoms with Gasteiger partial charge in [0.25, 0.3) is 10.0 Å². The number of hydrogen-bond donors (Lipinski definition) is 1. The van der Waals surface area contributed by atoms with E-state index in [1.807, 2.05) is 0 Å². The first kappa shape index (κ1) is 18.0. The predicted molar refractivity (Wildman–Crippen MR) is 85.3 cm³/mol. The van der Waals surface area contributed by atoms with E-state index in [0.717, 1.165) is 23.9 Å². The number of halogens is 3. The fraction of sp³-hybridized carbons (Fsp3) is 0.188. The molecule has 2 rings (SSSR count). The Morgan fingerprint density at radius 3 is 2.25 bits per heavy atom. The number of nitrogens with zero attached hydrogens (tertiary/aromatic N) is 1. The van der Waals surface area contributed by atoms with E-state index < -0.39 is 21.8 Å². The van der Waals surface area contributed by atoms with Gasteiger partial charge in [-0.2, -0.15) is 26.7 Å². The summed E-state index contributed by atoms with van der Waals surface area (Å²) in [4.78, 5) is 2.16. The number of nitrogens with one attached hydrogen (secondary N) is 1. The molecule has 0 spiro atoms. The fourth-order valence-electron chi connectivity index (χ4n) is 1.97. The van der Waals surface area contributed by atoms with Crippen LogP contribution in [0.3, 0.4) is 0 Å². The van der Waals surface area contributed by atoms with E-state index in [1.165, 1.54) is 18.2 Å². The molecular weight excluding hydrogens is 341 g/mol. The zero-order chi connectivity index (χ0) is 18.0. The van der Waals surface area contributed by atoms with Crippen molar-refractivity contribution in [2.24, 2.45) is 5.10 Å². The molecular formula is C16H15F3N2O2S. The molecule has 2 aromatic rings. The van der Waals surface area contributed by atoms with Crippen LogP contribution in [-0.2, 0) is 16.2 Å². The quantitative estimate of drug-likeness (QED) is 0.672. The minimum Gasteiger partial charge on any atom is -0.200 e. The molecule has 0 aliphatic heterocycles. The lowest BCUT2D eigenvalue weighted by Gasteiger charge is -2.08. The van der Waals surface area contributed by atoms with Gasteiger partial charge in [0, 0.05) is 0 Å². The summed E-state index contributed by atoms with van der Waals surface area (Å²) in [6, 6.07) is 9.22. The summed E-state index contributed by atoms with van der Waals surface area (Å²) in [5, 5.41) is 3.61. The maximum absolute atomic E-state index is 12.5. The van der Waals surface area contributed by atoms with Crippen LogP contribution in [0.5, 0.6) is 0 Å². The lowest BCUT2D eigenvalue weighted by Crippen LogP contribution is -2.19. The molecule has 0 amide bonds. The minimum absolute atomic E-state index is 0.104. The van der Waals surface area contributed by atoms with Gasteiger partial charge in [-0.25, -0.2) is 4.83 Å². The third-order valence-electron chi connectivity index (χ3n) is 3.26. The third-order valence-corrected chi connectivity index (χ3v) is 4.62. The van der Waals surface area contributed by atoms with Crippen LogP contribution in [0.1, 0.15) is 22.3 Å². The van der Waals surface area contributed by atoms with Crippen molar-refractivity contribution in [2.45, 2.75) is 24.9 Å². The summed E-state index contributed by atoms with van der Waals surface area (Å²) in [5.41, 5.74) is 0.910. The van der Waals surface area contributed by atoms with Gasteiger partial charge >= 0.3 is 6.18 Å². The first-order valence-electron chi connectivity index (χ1n) is 6.89. The van der Waals surface area contributed by atoms with Crippen molar-refractivity contribution >= 4 is 16.2 Å². The Kier molecular flexibility index (Phi) is 4.98. The van der Waals surface area contributed by atoms with Crippen LogP contribution >= 0.6 is 0 Å². The maximum atomic E-state index is 12.5. The van der Waals surface area contributed by atoms with Crippen LogP contribution in [0.2, 0.25) is 0 Å². The van der Waals surface area contributed by atoms with E-state index in [9.17, 15) is 21.6 Å². The van der Waals surface area contributed by atoms with Crippen molar-refractivity contribution in [2.75, 3.05) is 0 Å². The second kappa shape index (κ2) is 6.64. The van der Waals surface area contributed by atoms with Crippen LogP contribution < -0.4 is 4.83 Å². The fourth-order valence-corrected chi connectivity index (χ4v) is 3.10. The summed E-state index contributed by atoms with van der Waals surface area (Å²) in [7, 11) is -3.84. The molecule has 1 N–H and O–H groups in total. The molecule has 4 nitrogen and oxygen atoms in total. The van der Waals surface area contributed by atoms with Crippen LogP contribution in [0.4, 0.5) is 13.2 Å². The number of benzene rings is 2. The van der Waals surface area contributed by atoms with E-state index in [2.05, 4.69) is 9.93 Å². The highest BCUT2D eigenvalue weighted by atomic mass is 32.2. The highest BCUT2D eigenvalue weighted by molar-refractivity contribution is 7.89. The Morgan fingerprint density at radius 2 is 1.67 bits per heavy atom. The van der Waals surface area contributed by atoms with Crippen molar-refractivity contribution in [3.63, 3.8) is 0 Å². The highest BCUT2D eigenvalue weighted by Gasteiger charge is 2.29. The summed E-state index contributed by atoms with van der Waals surface area (Å²) in [5.74, 6) is 0. The molecule has 0 heterocycles. The molecule has 8 heteroatoms. The molecule has 0 saturated carbocycles. The second-order valence-electron chi connectivity index (χ2n) is 5.24. The van der Waals surface area contributed by atoms with E-state index >= 15 is 0 Å². The number of alkyl halides is 3. The van der Waals surface area contributed by atoms with Crippen molar-refractivity contribution in [1.82, 2.24) is 4.83 Å². The highest BCUT2D eigenvalue weighted by Crippen LogP contribution is 2.28. The molecule has 0 atom stereocenters. The van der Waals surface area contributed by atoms with E-state index in [1.54, 1.807) is 26.0 Å². The average Bonchev–Trinajstić information content (AvgIpc) is 2.49. The van der Waals surface area contributed by atoms with Crippen molar-refractivity contribution in [1.29, 1.82) is 0 Å². The molecule has 128 valence electrons. The van der Waals surface area contributed by atoms with E-state index in [-0.39, 0.29) is 4.90 Å².